The van der Waals surface area contributed by atoms with Gasteiger partial charge in [-0.1, -0.05) is 0 Å². The molecule has 0 spiro atoms. The predicted molar refractivity (Wildman–Crippen MR) is 60.6 cm³/mol. The maximum Gasteiger partial charge on any atom is 0.120 e. The van der Waals surface area contributed by atoms with E-state index in [1.165, 1.54) is 13.1 Å². The molecule has 2 heterocycles. The molecule has 1 aliphatic rings. The first kappa shape index (κ1) is 10.6. The molecule has 0 radical (unpaired) electrons. The van der Waals surface area contributed by atoms with Gasteiger partial charge in [-0.3, -0.25) is 9.80 Å². The van der Waals surface area contributed by atoms with Gasteiger partial charge in [-0.05, 0) is 13.8 Å². The van der Waals surface area contributed by atoms with Crippen LogP contribution in [0, 0.1) is 0 Å². The lowest BCUT2D eigenvalue weighted by Gasteiger charge is -2.36. The number of imidazole rings is 1. The first-order valence-electron chi connectivity index (χ1n) is 5.70. The molecule has 1 fully saturated rings. The second kappa shape index (κ2) is 4.77. The third-order valence-electron chi connectivity index (χ3n) is 3.07. The van der Waals surface area contributed by atoms with Gasteiger partial charge in [-0.2, -0.15) is 0 Å². The van der Waals surface area contributed by atoms with Crippen molar-refractivity contribution < 1.29 is 0 Å². The molecule has 0 saturated carbocycles. The summed E-state index contributed by atoms with van der Waals surface area (Å²) in [4.78, 5) is 12.4. The van der Waals surface area contributed by atoms with Gasteiger partial charge in [-0.15, -0.1) is 0 Å². The average Bonchev–Trinajstić information content (AvgIpc) is 2.71. The van der Waals surface area contributed by atoms with Crippen molar-refractivity contribution in [3.05, 3.63) is 18.2 Å². The zero-order valence-corrected chi connectivity index (χ0v) is 9.61. The summed E-state index contributed by atoms with van der Waals surface area (Å²) in [7, 11) is 0. The molecule has 1 saturated heterocycles. The average molecular weight is 208 g/mol. The van der Waals surface area contributed by atoms with Gasteiger partial charge < -0.3 is 4.98 Å². The van der Waals surface area contributed by atoms with E-state index in [0.29, 0.717) is 6.04 Å². The highest BCUT2D eigenvalue weighted by Crippen LogP contribution is 2.07. The Morgan fingerprint density at radius 2 is 2.07 bits per heavy atom. The Hall–Kier alpha value is -0.870. The number of piperazine rings is 1. The van der Waals surface area contributed by atoms with Crippen LogP contribution in [0.5, 0.6) is 0 Å². The van der Waals surface area contributed by atoms with Crippen LogP contribution in [0.1, 0.15) is 19.7 Å². The summed E-state index contributed by atoms with van der Waals surface area (Å²) in [6, 6.07) is 0.677. The number of aromatic nitrogens is 2. The summed E-state index contributed by atoms with van der Waals surface area (Å²) in [6.07, 6.45) is 3.71. The van der Waals surface area contributed by atoms with Crippen molar-refractivity contribution in [1.82, 2.24) is 19.8 Å². The van der Waals surface area contributed by atoms with E-state index in [9.17, 15) is 0 Å². The topological polar surface area (TPSA) is 35.2 Å². The summed E-state index contributed by atoms with van der Waals surface area (Å²) < 4.78 is 0. The number of nitrogens with one attached hydrogen (secondary N) is 1. The van der Waals surface area contributed by atoms with Crippen molar-refractivity contribution in [3.8, 4) is 0 Å². The number of aromatic amines is 1. The van der Waals surface area contributed by atoms with Gasteiger partial charge in [0.05, 0.1) is 6.54 Å². The minimum absolute atomic E-state index is 0.677. The number of nitrogens with zero attached hydrogens (tertiary/aromatic N) is 3. The van der Waals surface area contributed by atoms with Gasteiger partial charge >= 0.3 is 0 Å². The molecule has 0 unspecified atom stereocenters. The highest BCUT2D eigenvalue weighted by Gasteiger charge is 2.18. The molecule has 15 heavy (non-hydrogen) atoms. The van der Waals surface area contributed by atoms with Crippen LogP contribution >= 0.6 is 0 Å². The second-order valence-corrected chi connectivity index (χ2v) is 4.44. The molecule has 4 nitrogen and oxygen atoms in total. The maximum atomic E-state index is 4.25. The molecule has 4 heteroatoms. The molecule has 84 valence electrons. The summed E-state index contributed by atoms with van der Waals surface area (Å²) in [5.41, 5.74) is 0. The predicted octanol–water partition coefficient (Wildman–Crippen LogP) is 0.936. The van der Waals surface area contributed by atoms with E-state index >= 15 is 0 Å². The molecule has 0 atom stereocenters. The molecular weight excluding hydrogens is 188 g/mol. The third kappa shape index (κ3) is 2.79. The van der Waals surface area contributed by atoms with E-state index in [1.807, 2.05) is 12.4 Å². The first-order valence-corrected chi connectivity index (χ1v) is 5.70. The van der Waals surface area contributed by atoms with Crippen molar-refractivity contribution in [2.24, 2.45) is 0 Å². The number of rotatable bonds is 3. The highest BCUT2D eigenvalue weighted by molar-refractivity contribution is 4.88. The van der Waals surface area contributed by atoms with Crippen molar-refractivity contribution in [2.45, 2.75) is 26.4 Å². The van der Waals surface area contributed by atoms with Crippen LogP contribution in [0.25, 0.3) is 0 Å². The SMILES string of the molecule is CC(C)N1CCN(Cc2ncc[nH]2)CC1. The zero-order chi connectivity index (χ0) is 10.7. The van der Waals surface area contributed by atoms with Crippen molar-refractivity contribution >= 4 is 0 Å². The van der Waals surface area contributed by atoms with Gasteiger partial charge in [0.1, 0.15) is 5.82 Å². The van der Waals surface area contributed by atoms with E-state index in [4.69, 9.17) is 0 Å². The summed E-state index contributed by atoms with van der Waals surface area (Å²) in [5.74, 6) is 1.08. The maximum absolute atomic E-state index is 4.25. The highest BCUT2D eigenvalue weighted by atomic mass is 15.3. The largest absolute Gasteiger partial charge is 0.348 e. The van der Waals surface area contributed by atoms with Gasteiger partial charge in [0.2, 0.25) is 0 Å². The Morgan fingerprint density at radius 1 is 1.33 bits per heavy atom. The fourth-order valence-electron chi connectivity index (χ4n) is 2.03. The van der Waals surface area contributed by atoms with E-state index in [-0.39, 0.29) is 0 Å². The van der Waals surface area contributed by atoms with E-state index in [1.54, 1.807) is 0 Å². The Morgan fingerprint density at radius 3 is 2.60 bits per heavy atom. The first-order chi connectivity index (χ1) is 7.25. The molecule has 2 rings (SSSR count). The minimum Gasteiger partial charge on any atom is -0.348 e. The van der Waals surface area contributed by atoms with Crippen LogP contribution < -0.4 is 0 Å². The number of hydrogen-bond acceptors (Lipinski definition) is 3. The molecule has 0 aliphatic carbocycles. The van der Waals surface area contributed by atoms with Crippen molar-refractivity contribution in [3.63, 3.8) is 0 Å². The fraction of sp³-hybridized carbons (Fsp3) is 0.727. The number of H-pyrrole nitrogens is 1. The van der Waals surface area contributed by atoms with Crippen LogP contribution in [0.3, 0.4) is 0 Å². The zero-order valence-electron chi connectivity index (χ0n) is 9.61. The minimum atomic E-state index is 0.677. The molecule has 1 aromatic heterocycles. The Bertz CT molecular complexity index is 273. The molecule has 1 N–H and O–H groups in total. The standard InChI is InChI=1S/C11H20N4/c1-10(2)15-7-5-14(6-8-15)9-11-12-3-4-13-11/h3-4,10H,5-9H2,1-2H3,(H,12,13). The molecule has 1 aromatic rings. The van der Waals surface area contributed by atoms with Crippen LogP contribution in [-0.4, -0.2) is 52.0 Å². The van der Waals surface area contributed by atoms with Crippen LogP contribution in [-0.2, 0) is 6.54 Å². The smallest absolute Gasteiger partial charge is 0.120 e. The van der Waals surface area contributed by atoms with Gasteiger partial charge in [0.25, 0.3) is 0 Å². The molecule has 0 bridgehead atoms. The lowest BCUT2D eigenvalue weighted by atomic mass is 10.2. The lowest BCUT2D eigenvalue weighted by molar-refractivity contribution is 0.102. The Labute approximate surface area is 91.3 Å². The van der Waals surface area contributed by atoms with E-state index in [0.717, 1.165) is 25.5 Å². The summed E-state index contributed by atoms with van der Waals surface area (Å²) in [6.45, 7) is 10.2. The van der Waals surface area contributed by atoms with E-state index in [2.05, 4.69) is 33.6 Å². The van der Waals surface area contributed by atoms with Crippen LogP contribution in [0.15, 0.2) is 12.4 Å². The molecule has 0 aromatic carbocycles. The third-order valence-corrected chi connectivity index (χ3v) is 3.07. The number of hydrogen-bond donors (Lipinski definition) is 1. The lowest BCUT2D eigenvalue weighted by Crippen LogP contribution is -2.48. The summed E-state index contributed by atoms with van der Waals surface area (Å²) >= 11 is 0. The molecule has 1 aliphatic heterocycles. The quantitative estimate of drug-likeness (QED) is 0.803. The normalized spacial score (nSPS) is 19.9. The molecular formula is C11H20N4. The van der Waals surface area contributed by atoms with Gasteiger partial charge in [-0.25, -0.2) is 4.98 Å². The fourth-order valence-corrected chi connectivity index (χ4v) is 2.03. The van der Waals surface area contributed by atoms with Gasteiger partial charge in [0, 0.05) is 44.6 Å². The molecule has 0 amide bonds. The van der Waals surface area contributed by atoms with Crippen LogP contribution in [0.4, 0.5) is 0 Å². The van der Waals surface area contributed by atoms with Crippen LogP contribution in [0.2, 0.25) is 0 Å². The van der Waals surface area contributed by atoms with Crippen molar-refractivity contribution in [1.29, 1.82) is 0 Å². The van der Waals surface area contributed by atoms with Gasteiger partial charge in [0.15, 0.2) is 0 Å². The second-order valence-electron chi connectivity index (χ2n) is 4.44. The van der Waals surface area contributed by atoms with Crippen molar-refractivity contribution in [2.75, 3.05) is 26.2 Å². The summed E-state index contributed by atoms with van der Waals surface area (Å²) in [5, 5.41) is 0. The van der Waals surface area contributed by atoms with E-state index < -0.39 is 0 Å². The Kier molecular flexibility index (Phi) is 3.38. The monoisotopic (exact) mass is 208 g/mol. The Balaban J connectivity index is 1.79.